The van der Waals surface area contributed by atoms with Crippen molar-refractivity contribution in [3.63, 3.8) is 0 Å². The van der Waals surface area contributed by atoms with Crippen LogP contribution < -0.4 is 9.64 Å². The van der Waals surface area contributed by atoms with E-state index in [-0.39, 0.29) is 11.3 Å². The number of hydrogen-bond acceptors (Lipinski definition) is 2. The molecular formula is C14H19NO2. The summed E-state index contributed by atoms with van der Waals surface area (Å²) in [5, 5.41) is 0. The molecule has 0 N–H and O–H groups in total. The van der Waals surface area contributed by atoms with Crippen LogP contribution in [0.4, 0.5) is 5.69 Å². The number of carbonyl (C=O) groups excluding carboxylic acids is 1. The lowest BCUT2D eigenvalue weighted by Crippen LogP contribution is -2.25. The summed E-state index contributed by atoms with van der Waals surface area (Å²) < 4.78 is 5.78. The Morgan fingerprint density at radius 3 is 2.65 bits per heavy atom. The Bertz CT molecular complexity index is 446. The minimum atomic E-state index is 0.0135. The monoisotopic (exact) mass is 233 g/mol. The van der Waals surface area contributed by atoms with E-state index in [2.05, 4.69) is 26.8 Å². The van der Waals surface area contributed by atoms with E-state index in [1.165, 1.54) is 0 Å². The van der Waals surface area contributed by atoms with Crippen molar-refractivity contribution in [1.82, 2.24) is 0 Å². The molecule has 1 aliphatic rings. The molecule has 0 atom stereocenters. The van der Waals surface area contributed by atoms with Crippen molar-refractivity contribution in [1.29, 1.82) is 0 Å². The van der Waals surface area contributed by atoms with E-state index in [9.17, 15) is 4.79 Å². The molecule has 1 amide bonds. The summed E-state index contributed by atoms with van der Waals surface area (Å²) in [5.74, 6) is 0.961. The molecular weight excluding hydrogens is 214 g/mol. The molecule has 1 aliphatic heterocycles. The van der Waals surface area contributed by atoms with Crippen LogP contribution in [0.3, 0.4) is 0 Å². The Labute approximate surface area is 102 Å². The number of amides is 1. The third-order valence-corrected chi connectivity index (χ3v) is 3.10. The molecule has 3 heteroatoms. The van der Waals surface area contributed by atoms with Crippen LogP contribution in [-0.4, -0.2) is 19.6 Å². The first kappa shape index (κ1) is 12.0. The summed E-state index contributed by atoms with van der Waals surface area (Å²) in [6.45, 7) is 6.92. The van der Waals surface area contributed by atoms with Crippen molar-refractivity contribution in [2.75, 3.05) is 18.6 Å². The molecule has 0 spiro atoms. The lowest BCUT2D eigenvalue weighted by atomic mass is 9.86. The average Bonchev–Trinajstić information content (AvgIpc) is 2.39. The first-order valence-electron chi connectivity index (χ1n) is 5.94. The van der Waals surface area contributed by atoms with Crippen LogP contribution in [-0.2, 0) is 10.2 Å². The summed E-state index contributed by atoms with van der Waals surface area (Å²) in [4.78, 5) is 13.5. The fourth-order valence-corrected chi connectivity index (χ4v) is 2.07. The van der Waals surface area contributed by atoms with Gasteiger partial charge in [-0.3, -0.25) is 4.79 Å². The number of carbonyl (C=O) groups is 1. The second-order valence-electron chi connectivity index (χ2n) is 5.46. The van der Waals surface area contributed by atoms with Crippen LogP contribution >= 0.6 is 0 Å². The highest BCUT2D eigenvalue weighted by Crippen LogP contribution is 2.39. The zero-order valence-electron chi connectivity index (χ0n) is 10.9. The predicted molar refractivity (Wildman–Crippen MR) is 68.7 cm³/mol. The summed E-state index contributed by atoms with van der Waals surface area (Å²) in [5.41, 5.74) is 2.04. The zero-order chi connectivity index (χ0) is 12.6. The quantitative estimate of drug-likeness (QED) is 0.689. The Balaban J connectivity index is 2.58. The molecule has 0 aliphatic carbocycles. The van der Waals surface area contributed by atoms with Crippen LogP contribution in [0.1, 0.15) is 32.8 Å². The molecule has 1 aromatic rings. The van der Waals surface area contributed by atoms with Crippen molar-refractivity contribution in [3.05, 3.63) is 23.8 Å². The highest BCUT2D eigenvalue weighted by atomic mass is 16.5. The predicted octanol–water partition coefficient (Wildman–Crippen LogP) is 2.73. The van der Waals surface area contributed by atoms with Crippen LogP contribution in [0.2, 0.25) is 0 Å². The molecule has 92 valence electrons. The molecule has 0 saturated carbocycles. The third kappa shape index (κ3) is 2.14. The molecule has 0 radical (unpaired) electrons. The van der Waals surface area contributed by atoms with E-state index in [1.54, 1.807) is 4.90 Å². The number of benzene rings is 1. The Morgan fingerprint density at radius 2 is 2.00 bits per heavy atom. The second-order valence-corrected chi connectivity index (χ2v) is 5.46. The number of rotatable bonds is 0. The standard InChI is InChI=1S/C14H19NO2/c1-14(2,3)10-6-5-7-11-13(10)17-9-8-12(16)15(11)4/h5-7H,8-9H2,1-4H3. The van der Waals surface area contributed by atoms with Gasteiger partial charge in [0.1, 0.15) is 5.75 Å². The molecule has 0 saturated heterocycles. The molecule has 0 unspecified atom stereocenters. The van der Waals surface area contributed by atoms with Crippen molar-refractivity contribution in [2.24, 2.45) is 0 Å². The topological polar surface area (TPSA) is 29.5 Å². The summed E-state index contributed by atoms with van der Waals surface area (Å²) in [7, 11) is 1.81. The van der Waals surface area contributed by atoms with Gasteiger partial charge in [-0.2, -0.15) is 0 Å². The van der Waals surface area contributed by atoms with Crippen molar-refractivity contribution < 1.29 is 9.53 Å². The number of ether oxygens (including phenoxy) is 1. The van der Waals surface area contributed by atoms with Gasteiger partial charge in [-0.1, -0.05) is 32.9 Å². The zero-order valence-corrected chi connectivity index (χ0v) is 10.9. The van der Waals surface area contributed by atoms with E-state index < -0.39 is 0 Å². The summed E-state index contributed by atoms with van der Waals surface area (Å²) in [6.07, 6.45) is 0.439. The van der Waals surface area contributed by atoms with Crippen molar-refractivity contribution in [3.8, 4) is 5.75 Å². The number of anilines is 1. The van der Waals surface area contributed by atoms with E-state index >= 15 is 0 Å². The number of hydrogen-bond donors (Lipinski definition) is 0. The van der Waals surface area contributed by atoms with Crippen molar-refractivity contribution >= 4 is 11.6 Å². The molecule has 0 aromatic heterocycles. The molecule has 0 fully saturated rings. The largest absolute Gasteiger partial charge is 0.491 e. The third-order valence-electron chi connectivity index (χ3n) is 3.10. The smallest absolute Gasteiger partial charge is 0.230 e. The lowest BCUT2D eigenvalue weighted by Gasteiger charge is -2.25. The number of nitrogens with zero attached hydrogens (tertiary/aromatic N) is 1. The van der Waals surface area contributed by atoms with Gasteiger partial charge in [0.15, 0.2) is 0 Å². The van der Waals surface area contributed by atoms with E-state index in [4.69, 9.17) is 4.74 Å². The van der Waals surface area contributed by atoms with Crippen LogP contribution in [0.25, 0.3) is 0 Å². The molecule has 17 heavy (non-hydrogen) atoms. The fourth-order valence-electron chi connectivity index (χ4n) is 2.07. The van der Waals surface area contributed by atoms with E-state index in [0.717, 1.165) is 17.0 Å². The second kappa shape index (κ2) is 4.06. The van der Waals surface area contributed by atoms with Gasteiger partial charge in [-0.05, 0) is 11.5 Å². The lowest BCUT2D eigenvalue weighted by molar-refractivity contribution is -0.118. The van der Waals surface area contributed by atoms with E-state index in [0.29, 0.717) is 13.0 Å². The molecule has 1 heterocycles. The minimum Gasteiger partial charge on any atom is -0.491 e. The summed E-state index contributed by atoms with van der Waals surface area (Å²) in [6, 6.07) is 5.99. The Morgan fingerprint density at radius 1 is 1.29 bits per heavy atom. The highest BCUT2D eigenvalue weighted by Gasteiger charge is 2.26. The van der Waals surface area contributed by atoms with Gasteiger partial charge in [0.2, 0.25) is 5.91 Å². The maximum absolute atomic E-state index is 11.8. The normalized spacial score (nSPS) is 16.2. The van der Waals surface area contributed by atoms with E-state index in [1.807, 2.05) is 19.2 Å². The first-order valence-corrected chi connectivity index (χ1v) is 5.94. The first-order chi connectivity index (χ1) is 7.91. The van der Waals surface area contributed by atoms with Gasteiger partial charge in [-0.15, -0.1) is 0 Å². The van der Waals surface area contributed by atoms with Gasteiger partial charge in [-0.25, -0.2) is 0 Å². The Hall–Kier alpha value is -1.51. The maximum Gasteiger partial charge on any atom is 0.230 e. The SMILES string of the molecule is CN1C(=O)CCOc2c1cccc2C(C)(C)C. The number of fused-ring (bicyclic) bond motifs is 1. The molecule has 1 aromatic carbocycles. The highest BCUT2D eigenvalue weighted by molar-refractivity contribution is 5.95. The van der Waals surface area contributed by atoms with Gasteiger partial charge in [0.05, 0.1) is 18.7 Å². The summed E-state index contributed by atoms with van der Waals surface area (Å²) >= 11 is 0. The number of para-hydroxylation sites is 1. The van der Waals surface area contributed by atoms with Gasteiger partial charge >= 0.3 is 0 Å². The van der Waals surface area contributed by atoms with Crippen LogP contribution in [0.15, 0.2) is 18.2 Å². The maximum atomic E-state index is 11.8. The average molecular weight is 233 g/mol. The Kier molecular flexibility index (Phi) is 2.86. The molecule has 0 bridgehead atoms. The van der Waals surface area contributed by atoms with Gasteiger partial charge in [0.25, 0.3) is 0 Å². The van der Waals surface area contributed by atoms with Gasteiger partial charge in [0, 0.05) is 12.6 Å². The molecule has 2 rings (SSSR count). The van der Waals surface area contributed by atoms with Crippen molar-refractivity contribution in [2.45, 2.75) is 32.6 Å². The molecule has 3 nitrogen and oxygen atoms in total. The van der Waals surface area contributed by atoms with Crippen LogP contribution in [0, 0.1) is 0 Å². The van der Waals surface area contributed by atoms with Crippen LogP contribution in [0.5, 0.6) is 5.75 Å². The minimum absolute atomic E-state index is 0.0135. The van der Waals surface area contributed by atoms with Gasteiger partial charge < -0.3 is 9.64 Å². The fraction of sp³-hybridized carbons (Fsp3) is 0.500.